The Morgan fingerprint density at radius 3 is 2.00 bits per heavy atom. The smallest absolute Gasteiger partial charge is 0.0146 e. The average Bonchev–Trinajstić information content (AvgIpc) is 2.53. The lowest BCUT2D eigenvalue weighted by atomic mass is 9.93. The molecule has 0 amide bonds. The molecule has 0 aliphatic rings. The van der Waals surface area contributed by atoms with E-state index in [1.165, 1.54) is 46.4 Å². The Labute approximate surface area is 127 Å². The Bertz CT molecular complexity index is 698. The molecular formula is C21H21. The Morgan fingerprint density at radius 2 is 1.38 bits per heavy atom. The molecule has 3 rings (SSSR count). The molecule has 0 N–H and O–H groups in total. The molecule has 0 nitrogen and oxygen atoms in total. The van der Waals surface area contributed by atoms with Gasteiger partial charge >= 0.3 is 0 Å². The largest absolute Gasteiger partial charge is 0.0845 e. The monoisotopic (exact) mass is 273 g/mol. The number of benzene rings is 3. The van der Waals surface area contributed by atoms with Crippen LogP contribution in [0.4, 0.5) is 0 Å². The second-order valence-corrected chi connectivity index (χ2v) is 5.63. The van der Waals surface area contributed by atoms with Crippen molar-refractivity contribution in [2.45, 2.75) is 32.1 Å². The van der Waals surface area contributed by atoms with E-state index in [2.05, 4.69) is 54.6 Å². The Balaban J connectivity index is 1.97. The van der Waals surface area contributed by atoms with E-state index in [-0.39, 0.29) is 0 Å². The van der Waals surface area contributed by atoms with Crippen LogP contribution in [0.2, 0.25) is 0 Å². The second-order valence-electron chi connectivity index (χ2n) is 5.63. The Hall–Kier alpha value is -2.08. The van der Waals surface area contributed by atoms with Gasteiger partial charge in [0.1, 0.15) is 0 Å². The quantitative estimate of drug-likeness (QED) is 0.377. The molecule has 0 unspecified atom stereocenters. The van der Waals surface area contributed by atoms with Crippen LogP contribution < -0.4 is 0 Å². The van der Waals surface area contributed by atoms with Gasteiger partial charge in [0.2, 0.25) is 0 Å². The molecule has 0 bridgehead atoms. The highest BCUT2D eigenvalue weighted by molar-refractivity contribution is 6.02. The van der Waals surface area contributed by atoms with Crippen molar-refractivity contribution in [3.63, 3.8) is 0 Å². The number of unbranched alkanes of at least 4 members (excludes halogenated alkanes) is 3. The van der Waals surface area contributed by atoms with Crippen molar-refractivity contribution in [1.29, 1.82) is 0 Å². The molecule has 0 spiro atoms. The Kier molecular flexibility index (Phi) is 4.35. The molecule has 0 aromatic heterocycles. The van der Waals surface area contributed by atoms with E-state index >= 15 is 0 Å². The summed E-state index contributed by atoms with van der Waals surface area (Å²) in [6, 6.07) is 19.8. The maximum Gasteiger partial charge on any atom is -0.0146 e. The van der Waals surface area contributed by atoms with Crippen molar-refractivity contribution in [3.05, 3.63) is 72.8 Å². The van der Waals surface area contributed by atoms with Crippen molar-refractivity contribution in [2.75, 3.05) is 0 Å². The zero-order chi connectivity index (χ0) is 14.5. The molecule has 0 heterocycles. The van der Waals surface area contributed by atoms with Gasteiger partial charge in [-0.3, -0.25) is 0 Å². The lowest BCUT2D eigenvalue weighted by molar-refractivity contribution is 0.690. The van der Waals surface area contributed by atoms with Gasteiger partial charge in [0.25, 0.3) is 0 Å². The highest BCUT2D eigenvalue weighted by Gasteiger charge is 2.06. The standard InChI is InChI=1S/C21H21/c1-2-3-4-5-6-15-21-19-13-9-7-11-17(19)16-18-12-8-10-14-20(18)21/h1-2,7-14,16H,3-6,15H2. The van der Waals surface area contributed by atoms with Gasteiger partial charge in [-0.05, 0) is 58.9 Å². The predicted octanol–water partition coefficient (Wildman–Crippen LogP) is 6.09. The number of aryl methyl sites for hydroxylation is 1. The second kappa shape index (κ2) is 6.58. The van der Waals surface area contributed by atoms with Crippen LogP contribution in [0.5, 0.6) is 0 Å². The minimum Gasteiger partial charge on any atom is -0.0845 e. The van der Waals surface area contributed by atoms with E-state index in [4.69, 9.17) is 6.58 Å². The molecule has 21 heavy (non-hydrogen) atoms. The van der Waals surface area contributed by atoms with Gasteiger partial charge < -0.3 is 0 Å². The van der Waals surface area contributed by atoms with Gasteiger partial charge in [-0.2, -0.15) is 0 Å². The number of hydrogen-bond acceptors (Lipinski definition) is 0. The highest BCUT2D eigenvalue weighted by atomic mass is 14.1. The summed E-state index contributed by atoms with van der Waals surface area (Å²) in [7, 11) is 0. The first-order chi connectivity index (χ1) is 10.4. The summed E-state index contributed by atoms with van der Waals surface area (Å²) in [5.74, 6) is 0. The van der Waals surface area contributed by atoms with Crippen LogP contribution in [0, 0.1) is 6.58 Å². The summed E-state index contributed by atoms with van der Waals surface area (Å²) in [6.45, 7) is 5.45. The summed E-state index contributed by atoms with van der Waals surface area (Å²) in [5.41, 5.74) is 1.50. The first kappa shape index (κ1) is 13.9. The van der Waals surface area contributed by atoms with Crippen LogP contribution in [-0.2, 0) is 6.42 Å². The van der Waals surface area contributed by atoms with E-state index in [1.807, 2.05) is 0 Å². The fourth-order valence-corrected chi connectivity index (χ4v) is 3.12. The maximum absolute atomic E-state index is 5.45. The van der Waals surface area contributed by atoms with Gasteiger partial charge in [-0.15, -0.1) is 0 Å². The lowest BCUT2D eigenvalue weighted by Gasteiger charge is -2.11. The summed E-state index contributed by atoms with van der Waals surface area (Å²) < 4.78 is 0. The topological polar surface area (TPSA) is 0 Å². The van der Waals surface area contributed by atoms with E-state index in [0.717, 1.165) is 12.8 Å². The fraction of sp³-hybridized carbons (Fsp3) is 0.238. The van der Waals surface area contributed by atoms with Crippen LogP contribution in [0.3, 0.4) is 0 Å². The third-order valence-corrected chi connectivity index (χ3v) is 4.18. The van der Waals surface area contributed by atoms with Gasteiger partial charge in [-0.1, -0.05) is 67.6 Å². The van der Waals surface area contributed by atoms with Crippen LogP contribution in [0.1, 0.15) is 31.2 Å². The van der Waals surface area contributed by atoms with E-state index < -0.39 is 0 Å². The van der Waals surface area contributed by atoms with Crippen molar-refractivity contribution in [2.24, 2.45) is 0 Å². The summed E-state index contributed by atoms with van der Waals surface area (Å²) >= 11 is 0. The summed E-state index contributed by atoms with van der Waals surface area (Å²) in [5, 5.41) is 5.51. The Morgan fingerprint density at radius 1 is 0.762 bits per heavy atom. The molecule has 105 valence electrons. The molecule has 0 aliphatic heterocycles. The van der Waals surface area contributed by atoms with Crippen molar-refractivity contribution in [3.8, 4) is 0 Å². The molecule has 0 aliphatic carbocycles. The van der Waals surface area contributed by atoms with Crippen molar-refractivity contribution < 1.29 is 0 Å². The minimum atomic E-state index is 1.02. The van der Waals surface area contributed by atoms with Gasteiger partial charge in [0.15, 0.2) is 0 Å². The first-order valence-corrected chi connectivity index (χ1v) is 7.83. The third kappa shape index (κ3) is 3.00. The van der Waals surface area contributed by atoms with Crippen LogP contribution in [0.15, 0.2) is 60.7 Å². The normalized spacial score (nSPS) is 11.0. The highest BCUT2D eigenvalue weighted by Crippen LogP contribution is 2.29. The molecular weight excluding hydrogens is 252 g/mol. The fourth-order valence-electron chi connectivity index (χ4n) is 3.12. The maximum atomic E-state index is 5.45. The molecule has 0 saturated heterocycles. The SMILES string of the molecule is [CH]=CCCCCCc1c2ccccc2cc2ccccc12. The molecule has 3 aromatic rings. The molecule has 1 radical (unpaired) electrons. The van der Waals surface area contributed by atoms with Gasteiger partial charge in [0, 0.05) is 0 Å². The number of fused-ring (bicyclic) bond motifs is 2. The molecule has 0 atom stereocenters. The van der Waals surface area contributed by atoms with E-state index in [1.54, 1.807) is 6.08 Å². The third-order valence-electron chi connectivity index (χ3n) is 4.18. The number of rotatable bonds is 6. The number of hydrogen-bond donors (Lipinski definition) is 0. The first-order valence-electron chi connectivity index (χ1n) is 7.83. The van der Waals surface area contributed by atoms with Crippen LogP contribution >= 0.6 is 0 Å². The molecule has 0 fully saturated rings. The van der Waals surface area contributed by atoms with Crippen molar-refractivity contribution >= 4 is 21.5 Å². The summed E-state index contributed by atoms with van der Waals surface area (Å²) in [6.07, 6.45) is 7.60. The zero-order valence-electron chi connectivity index (χ0n) is 12.4. The van der Waals surface area contributed by atoms with Gasteiger partial charge in [-0.25, -0.2) is 0 Å². The van der Waals surface area contributed by atoms with Crippen molar-refractivity contribution in [1.82, 2.24) is 0 Å². The van der Waals surface area contributed by atoms with Crippen LogP contribution in [-0.4, -0.2) is 0 Å². The molecule has 0 heteroatoms. The zero-order valence-corrected chi connectivity index (χ0v) is 12.4. The number of allylic oxidation sites excluding steroid dienone is 1. The average molecular weight is 273 g/mol. The predicted molar refractivity (Wildman–Crippen MR) is 92.5 cm³/mol. The van der Waals surface area contributed by atoms with E-state index in [9.17, 15) is 0 Å². The van der Waals surface area contributed by atoms with Gasteiger partial charge in [0.05, 0.1) is 0 Å². The van der Waals surface area contributed by atoms with Crippen LogP contribution in [0.25, 0.3) is 21.5 Å². The molecule has 3 aromatic carbocycles. The summed E-state index contributed by atoms with van der Waals surface area (Å²) in [4.78, 5) is 0. The minimum absolute atomic E-state index is 1.02. The van der Waals surface area contributed by atoms with E-state index in [0.29, 0.717) is 0 Å². The molecule has 0 saturated carbocycles. The lowest BCUT2D eigenvalue weighted by Crippen LogP contribution is -1.91.